The van der Waals surface area contributed by atoms with Gasteiger partial charge in [0.1, 0.15) is 0 Å². The van der Waals surface area contributed by atoms with Gasteiger partial charge in [0.05, 0.1) is 0 Å². The van der Waals surface area contributed by atoms with E-state index < -0.39 is 11.0 Å². The van der Waals surface area contributed by atoms with Crippen molar-refractivity contribution in [3.05, 3.63) is 0 Å². The summed E-state index contributed by atoms with van der Waals surface area (Å²) in [4.78, 5) is 0. The topological polar surface area (TPSA) is 142 Å². The molecule has 0 aliphatic carbocycles. The first kappa shape index (κ1) is 10.3. The van der Waals surface area contributed by atoms with Crippen LogP contribution in [0.2, 0.25) is 0 Å². The largest absolute Gasteiger partial charge is 0.303 e. The maximum atomic E-state index is 10.2. The molecule has 0 saturated heterocycles. The first-order valence-electron chi connectivity index (χ1n) is 2.42. The minimum absolute atomic E-state index is 1.32. The van der Waals surface area contributed by atoms with E-state index >= 15 is 0 Å². The molecule has 0 aromatic rings. The molecule has 0 aromatic carbocycles. The summed E-state index contributed by atoms with van der Waals surface area (Å²) < 4.78 is 13.3. The molecule has 0 aromatic heterocycles. The molecular formula is CH5N9OS. The van der Waals surface area contributed by atoms with Crippen LogP contribution in [0, 0.1) is 0 Å². The van der Waals surface area contributed by atoms with Gasteiger partial charge in [0.25, 0.3) is 0 Å². The summed E-state index contributed by atoms with van der Waals surface area (Å²) in [5.74, 6) is 4.56. The third-order valence-electron chi connectivity index (χ3n) is 0.403. The van der Waals surface area contributed by atoms with E-state index in [0.717, 1.165) is 0 Å². The Bertz CT molecular complexity index is 239. The maximum Gasteiger partial charge on any atom is 0.157 e. The van der Waals surface area contributed by atoms with Crippen LogP contribution in [-0.2, 0) is 11.0 Å². The Hall–Kier alpha value is -1.65. The zero-order valence-electron chi connectivity index (χ0n) is 5.97. The fourth-order valence-electron chi connectivity index (χ4n) is 0.162. The van der Waals surface area contributed by atoms with Crippen molar-refractivity contribution in [1.82, 2.24) is 0 Å². The highest BCUT2D eigenvalue weighted by molar-refractivity contribution is 7.82. The van der Waals surface area contributed by atoms with Gasteiger partial charge in [0.2, 0.25) is 0 Å². The van der Waals surface area contributed by atoms with Crippen molar-refractivity contribution in [2.45, 2.75) is 0 Å². The first-order chi connectivity index (χ1) is 5.77. The second-order valence-corrected chi connectivity index (χ2v) is 2.17. The number of nitrogens with zero attached hydrogens (tertiary/aromatic N) is 8. The van der Waals surface area contributed by atoms with Crippen LogP contribution in [0.4, 0.5) is 0 Å². The molecule has 0 fully saturated rings. The Labute approximate surface area is 69.3 Å². The summed E-state index contributed by atoms with van der Waals surface area (Å²) in [6.45, 7) is 0. The van der Waals surface area contributed by atoms with Crippen molar-refractivity contribution in [3.63, 3.8) is 0 Å². The molecule has 66 valence electrons. The van der Waals surface area contributed by atoms with Gasteiger partial charge in [-0.3, -0.25) is 0 Å². The van der Waals surface area contributed by atoms with Gasteiger partial charge >= 0.3 is 0 Å². The highest BCUT2D eigenvalue weighted by atomic mass is 32.2. The molecule has 0 heterocycles. The zero-order valence-corrected chi connectivity index (χ0v) is 6.79. The van der Waals surface area contributed by atoms with Crippen LogP contribution in [0.3, 0.4) is 0 Å². The summed E-state index contributed by atoms with van der Waals surface area (Å²) in [5.41, 5.74) is 0. The van der Waals surface area contributed by atoms with E-state index in [1.165, 1.54) is 6.26 Å². The molecule has 0 rings (SSSR count). The predicted octanol–water partition coefficient (Wildman–Crippen LogP) is 0.707. The van der Waals surface area contributed by atoms with Crippen molar-refractivity contribution in [2.24, 2.45) is 46.9 Å². The van der Waals surface area contributed by atoms with Gasteiger partial charge in [0.15, 0.2) is 11.0 Å². The molecule has 12 heavy (non-hydrogen) atoms. The van der Waals surface area contributed by atoms with Crippen LogP contribution >= 0.6 is 0 Å². The molecule has 0 aliphatic rings. The lowest BCUT2D eigenvalue weighted by molar-refractivity contribution is 0.684. The molecule has 11 heteroatoms. The normalized spacial score (nSPS) is 15.8. The monoisotopic (exact) mass is 191 g/mol. The van der Waals surface area contributed by atoms with Gasteiger partial charge in [-0.25, -0.2) is 4.21 Å². The molecule has 0 saturated carbocycles. The Morgan fingerprint density at radius 2 is 1.50 bits per heavy atom. The molecule has 0 bridgehead atoms. The van der Waals surface area contributed by atoms with Crippen molar-refractivity contribution in [2.75, 3.05) is 6.26 Å². The van der Waals surface area contributed by atoms with Crippen LogP contribution in [0.15, 0.2) is 41.1 Å². The summed E-state index contributed by atoms with van der Waals surface area (Å²) >= 11 is 0. The van der Waals surface area contributed by atoms with E-state index in [1.54, 1.807) is 0 Å². The Kier molecular flexibility index (Phi) is 6.43. The standard InChI is InChI=1S/CH5N9OS/c1-12(11)10-9-8-7-6-5-4-3-2/h1H3,(H2,2,4,6,8,10). The lowest BCUT2D eigenvalue weighted by Gasteiger charge is -1.71. The Morgan fingerprint density at radius 1 is 1.00 bits per heavy atom. The van der Waals surface area contributed by atoms with Crippen LogP contribution in [0.25, 0.3) is 0 Å². The second kappa shape index (κ2) is 7.46. The average Bonchev–Trinajstić information content (AvgIpc) is 2.02. The number of rotatable bonds is 4. The van der Waals surface area contributed by atoms with Crippen LogP contribution in [0.1, 0.15) is 0 Å². The predicted molar refractivity (Wildman–Crippen MR) is 37.7 cm³/mol. The van der Waals surface area contributed by atoms with Crippen molar-refractivity contribution in [1.29, 1.82) is 0 Å². The fraction of sp³-hybridized carbons (Fsp3) is 1.00. The third kappa shape index (κ3) is 8.35. The molecular weight excluding hydrogens is 186 g/mol. The van der Waals surface area contributed by atoms with Gasteiger partial charge in [-0.1, -0.05) is 9.74 Å². The summed E-state index contributed by atoms with van der Waals surface area (Å²) in [6, 6.07) is 0. The van der Waals surface area contributed by atoms with Gasteiger partial charge < -0.3 is 5.84 Å². The molecule has 1 atom stereocenters. The molecule has 0 spiro atoms. The molecule has 2 N–H and O–H groups in total. The van der Waals surface area contributed by atoms with Crippen LogP contribution in [-0.4, -0.2) is 10.5 Å². The van der Waals surface area contributed by atoms with Crippen molar-refractivity contribution < 1.29 is 4.21 Å². The summed E-state index contributed by atoms with van der Waals surface area (Å²) in [7, 11) is -1.40. The Balaban J connectivity index is 3.70. The maximum absolute atomic E-state index is 10.2. The molecule has 0 amide bonds. The van der Waals surface area contributed by atoms with Crippen molar-refractivity contribution in [3.8, 4) is 0 Å². The number of hydrogen-bond acceptors (Lipinski definition) is 2. The highest BCUT2D eigenvalue weighted by Crippen LogP contribution is 1.85. The SMILES string of the molecule is CS(=O)/N=N/N=N/N=N/N=N/N. The van der Waals surface area contributed by atoms with Crippen LogP contribution in [0.5, 0.6) is 0 Å². The fourth-order valence-corrected chi connectivity index (χ4v) is 0.298. The van der Waals surface area contributed by atoms with E-state index in [2.05, 4.69) is 46.9 Å². The molecule has 0 aliphatic heterocycles. The second-order valence-electron chi connectivity index (χ2n) is 1.16. The third-order valence-corrected chi connectivity index (χ3v) is 0.706. The van der Waals surface area contributed by atoms with Gasteiger partial charge in [-0.15, -0.1) is 0 Å². The molecule has 1 unspecified atom stereocenters. The molecule has 10 nitrogen and oxygen atoms in total. The lowest BCUT2D eigenvalue weighted by atomic mass is 12.0. The average molecular weight is 191 g/mol. The van der Waals surface area contributed by atoms with E-state index in [0.29, 0.717) is 0 Å². The van der Waals surface area contributed by atoms with E-state index in [1.807, 2.05) is 0 Å². The number of hydrogen-bond donors (Lipinski definition) is 1. The van der Waals surface area contributed by atoms with Crippen LogP contribution < -0.4 is 5.84 Å². The minimum atomic E-state index is -1.40. The quantitative estimate of drug-likeness (QED) is 0.396. The summed E-state index contributed by atoms with van der Waals surface area (Å²) in [6.07, 6.45) is 1.32. The molecule has 0 radical (unpaired) electrons. The van der Waals surface area contributed by atoms with Gasteiger partial charge in [-0.2, -0.15) is 0 Å². The smallest absolute Gasteiger partial charge is 0.157 e. The Morgan fingerprint density at radius 3 is 2.00 bits per heavy atom. The van der Waals surface area contributed by atoms with Gasteiger partial charge in [0, 0.05) is 6.26 Å². The highest BCUT2D eigenvalue weighted by Gasteiger charge is 1.76. The van der Waals surface area contributed by atoms with Gasteiger partial charge in [-0.05, 0) is 31.3 Å². The van der Waals surface area contributed by atoms with E-state index in [9.17, 15) is 4.21 Å². The first-order valence-corrected chi connectivity index (χ1v) is 3.93. The van der Waals surface area contributed by atoms with E-state index in [4.69, 9.17) is 0 Å². The number of nitrogens with two attached hydrogens (primary N) is 1. The van der Waals surface area contributed by atoms with E-state index in [-0.39, 0.29) is 0 Å². The zero-order chi connectivity index (χ0) is 9.23. The summed E-state index contributed by atoms with van der Waals surface area (Å²) in [5, 5.41) is 20.4. The van der Waals surface area contributed by atoms with Crippen molar-refractivity contribution >= 4 is 11.0 Å². The lowest BCUT2D eigenvalue weighted by Crippen LogP contribution is -1.71. The minimum Gasteiger partial charge on any atom is -0.303 e.